The van der Waals surface area contributed by atoms with Crippen LogP contribution in [-0.2, 0) is 11.3 Å². The summed E-state index contributed by atoms with van der Waals surface area (Å²) < 4.78 is 5.26. The van der Waals surface area contributed by atoms with E-state index < -0.39 is 0 Å². The summed E-state index contributed by atoms with van der Waals surface area (Å²) in [7, 11) is 3.68. The van der Waals surface area contributed by atoms with E-state index in [0.29, 0.717) is 6.54 Å². The largest absolute Gasteiger partial charge is 0.497 e. The van der Waals surface area contributed by atoms with Crippen LogP contribution in [0.25, 0.3) is 10.8 Å². The Morgan fingerprint density at radius 3 is 2.62 bits per heavy atom. The van der Waals surface area contributed by atoms with Crippen molar-refractivity contribution in [1.82, 2.24) is 15.1 Å². The van der Waals surface area contributed by atoms with E-state index in [2.05, 4.69) is 34.5 Å². The topological polar surface area (TPSA) is 44.8 Å². The van der Waals surface area contributed by atoms with E-state index in [1.165, 1.54) is 10.9 Å². The number of carbonyl (C=O) groups is 1. The minimum absolute atomic E-state index is 0.213. The summed E-state index contributed by atoms with van der Waals surface area (Å²) in [6, 6.07) is 12.5. The number of methoxy groups -OCH3 is 1. The van der Waals surface area contributed by atoms with Gasteiger partial charge in [-0.1, -0.05) is 18.2 Å². The zero-order chi connectivity index (χ0) is 16.9. The molecule has 0 aromatic heterocycles. The molecule has 0 bridgehead atoms. The van der Waals surface area contributed by atoms with Gasteiger partial charge >= 0.3 is 0 Å². The Hall–Kier alpha value is -2.11. The Balaban J connectivity index is 1.62. The number of benzene rings is 2. The molecular formula is C19H25N3O2. The van der Waals surface area contributed by atoms with Gasteiger partial charge in [-0.15, -0.1) is 0 Å². The van der Waals surface area contributed by atoms with Crippen LogP contribution in [0.3, 0.4) is 0 Å². The molecule has 5 heteroatoms. The lowest BCUT2D eigenvalue weighted by Crippen LogP contribution is -2.49. The Kier molecular flexibility index (Phi) is 5.33. The molecule has 0 radical (unpaired) electrons. The van der Waals surface area contributed by atoms with Gasteiger partial charge in [-0.2, -0.15) is 0 Å². The lowest BCUT2D eigenvalue weighted by Gasteiger charge is -2.29. The first-order valence-corrected chi connectivity index (χ1v) is 8.39. The molecule has 24 heavy (non-hydrogen) atoms. The third-order valence-electron chi connectivity index (χ3n) is 4.44. The predicted molar refractivity (Wildman–Crippen MR) is 96.3 cm³/mol. The lowest BCUT2D eigenvalue weighted by molar-refractivity contribution is -0.132. The van der Waals surface area contributed by atoms with Gasteiger partial charge in [-0.3, -0.25) is 9.69 Å². The van der Waals surface area contributed by atoms with E-state index in [0.717, 1.165) is 43.9 Å². The van der Waals surface area contributed by atoms with Crippen molar-refractivity contribution in [2.45, 2.75) is 6.54 Å². The van der Waals surface area contributed by atoms with Crippen molar-refractivity contribution in [3.05, 3.63) is 42.0 Å². The number of rotatable bonds is 5. The van der Waals surface area contributed by atoms with Crippen molar-refractivity contribution >= 4 is 16.7 Å². The van der Waals surface area contributed by atoms with Crippen molar-refractivity contribution in [2.75, 3.05) is 46.9 Å². The molecule has 0 saturated carbocycles. The van der Waals surface area contributed by atoms with E-state index >= 15 is 0 Å². The zero-order valence-electron chi connectivity index (χ0n) is 14.4. The van der Waals surface area contributed by atoms with Gasteiger partial charge in [0, 0.05) is 32.7 Å². The summed E-state index contributed by atoms with van der Waals surface area (Å²) in [6.07, 6.45) is 0. The maximum absolute atomic E-state index is 12.3. The Morgan fingerprint density at radius 1 is 1.17 bits per heavy atom. The highest BCUT2D eigenvalue weighted by Gasteiger charge is 2.17. The number of hydrogen-bond donors (Lipinski definition) is 1. The first-order chi connectivity index (χ1) is 11.7. The van der Waals surface area contributed by atoms with Gasteiger partial charge < -0.3 is 15.0 Å². The van der Waals surface area contributed by atoms with Crippen LogP contribution in [0, 0.1) is 0 Å². The fraction of sp³-hybridized carbons (Fsp3) is 0.421. The van der Waals surface area contributed by atoms with Gasteiger partial charge in [-0.25, -0.2) is 0 Å². The summed E-state index contributed by atoms with van der Waals surface area (Å²) in [6.45, 7) is 4.63. The predicted octanol–water partition coefficient (Wildman–Crippen LogP) is 1.71. The number of fused-ring (bicyclic) bond motifs is 1. The number of hydrogen-bond acceptors (Lipinski definition) is 4. The average molecular weight is 327 g/mol. The Bertz CT molecular complexity index is 711. The van der Waals surface area contributed by atoms with Crippen molar-refractivity contribution in [1.29, 1.82) is 0 Å². The van der Waals surface area contributed by atoms with Crippen LogP contribution < -0.4 is 10.1 Å². The molecule has 1 aliphatic heterocycles. The summed E-state index contributed by atoms with van der Waals surface area (Å²) in [5, 5.41) is 5.63. The normalized spacial score (nSPS) is 15.0. The monoisotopic (exact) mass is 327 g/mol. The molecule has 2 aromatic rings. The number of amides is 1. The molecule has 1 amide bonds. The molecule has 128 valence electrons. The minimum atomic E-state index is 0.213. The van der Waals surface area contributed by atoms with E-state index in [-0.39, 0.29) is 5.91 Å². The van der Waals surface area contributed by atoms with Gasteiger partial charge in [0.15, 0.2) is 0 Å². The summed E-state index contributed by atoms with van der Waals surface area (Å²) >= 11 is 0. The van der Waals surface area contributed by atoms with Crippen molar-refractivity contribution in [2.24, 2.45) is 0 Å². The molecule has 0 aliphatic carbocycles. The molecule has 1 aliphatic rings. The molecule has 5 nitrogen and oxygen atoms in total. The molecule has 0 atom stereocenters. The van der Waals surface area contributed by atoms with Crippen LogP contribution in [-0.4, -0.2) is 62.6 Å². The van der Waals surface area contributed by atoms with E-state index in [9.17, 15) is 4.79 Å². The molecule has 1 heterocycles. The first kappa shape index (κ1) is 16.7. The molecule has 1 N–H and O–H groups in total. The number of likely N-dealkylation sites (N-methyl/N-ethyl adjacent to an activating group) is 1. The van der Waals surface area contributed by atoms with Crippen molar-refractivity contribution in [3.63, 3.8) is 0 Å². The fourth-order valence-corrected chi connectivity index (χ4v) is 3.11. The van der Waals surface area contributed by atoms with Gasteiger partial charge in [0.1, 0.15) is 5.75 Å². The van der Waals surface area contributed by atoms with Gasteiger partial charge in [0.05, 0.1) is 13.7 Å². The quantitative estimate of drug-likeness (QED) is 0.908. The lowest BCUT2D eigenvalue weighted by atomic mass is 10.1. The van der Waals surface area contributed by atoms with Crippen LogP contribution in [0.5, 0.6) is 5.75 Å². The molecule has 1 saturated heterocycles. The minimum Gasteiger partial charge on any atom is -0.497 e. The van der Waals surface area contributed by atoms with Crippen LogP contribution in [0.4, 0.5) is 0 Å². The van der Waals surface area contributed by atoms with Crippen LogP contribution in [0.2, 0.25) is 0 Å². The number of nitrogens with one attached hydrogen (secondary N) is 1. The van der Waals surface area contributed by atoms with E-state index in [1.54, 1.807) is 7.11 Å². The van der Waals surface area contributed by atoms with Crippen molar-refractivity contribution in [3.8, 4) is 5.75 Å². The van der Waals surface area contributed by atoms with Crippen LogP contribution >= 0.6 is 0 Å². The summed E-state index contributed by atoms with van der Waals surface area (Å²) in [5.41, 5.74) is 1.21. The van der Waals surface area contributed by atoms with Gasteiger partial charge in [-0.05, 0) is 41.6 Å². The third kappa shape index (κ3) is 4.04. The molecule has 0 unspecified atom stereocenters. The maximum Gasteiger partial charge on any atom is 0.236 e. The zero-order valence-corrected chi connectivity index (χ0v) is 14.4. The summed E-state index contributed by atoms with van der Waals surface area (Å²) in [4.78, 5) is 16.3. The standard InChI is InChI=1S/C19H25N3O2/c1-21(14-19(23)22-9-7-20-8-10-22)13-15-3-4-17-12-18(24-2)6-5-16(17)11-15/h3-6,11-12,20H,7-10,13-14H2,1-2H3. The van der Waals surface area contributed by atoms with E-state index in [1.807, 2.05) is 24.1 Å². The number of carbonyl (C=O) groups excluding carboxylic acids is 1. The molecule has 1 fully saturated rings. The second-order valence-corrected chi connectivity index (χ2v) is 6.35. The number of ether oxygens (including phenoxy) is 1. The Morgan fingerprint density at radius 2 is 1.88 bits per heavy atom. The highest BCUT2D eigenvalue weighted by molar-refractivity contribution is 5.84. The number of nitrogens with zero attached hydrogens (tertiary/aromatic N) is 2. The van der Waals surface area contributed by atoms with Crippen LogP contribution in [0.15, 0.2) is 36.4 Å². The second kappa shape index (κ2) is 7.64. The molecule has 3 rings (SSSR count). The smallest absolute Gasteiger partial charge is 0.236 e. The van der Waals surface area contributed by atoms with Gasteiger partial charge in [0.2, 0.25) is 5.91 Å². The summed E-state index contributed by atoms with van der Waals surface area (Å²) in [5.74, 6) is 1.08. The highest BCUT2D eigenvalue weighted by Crippen LogP contribution is 2.22. The molecule has 0 spiro atoms. The Labute approximate surface area is 143 Å². The SMILES string of the molecule is COc1ccc2cc(CN(C)CC(=O)N3CCNCC3)ccc2c1. The maximum atomic E-state index is 12.3. The van der Waals surface area contributed by atoms with Crippen molar-refractivity contribution < 1.29 is 9.53 Å². The third-order valence-corrected chi connectivity index (χ3v) is 4.44. The average Bonchev–Trinajstić information content (AvgIpc) is 2.61. The fourth-order valence-electron chi connectivity index (χ4n) is 3.11. The molecule has 2 aromatic carbocycles. The van der Waals surface area contributed by atoms with E-state index in [4.69, 9.17) is 4.74 Å². The van der Waals surface area contributed by atoms with Crippen LogP contribution in [0.1, 0.15) is 5.56 Å². The number of piperazine rings is 1. The first-order valence-electron chi connectivity index (χ1n) is 8.39. The van der Waals surface area contributed by atoms with Gasteiger partial charge in [0.25, 0.3) is 0 Å². The highest BCUT2D eigenvalue weighted by atomic mass is 16.5. The second-order valence-electron chi connectivity index (χ2n) is 6.35. The molecular weight excluding hydrogens is 302 g/mol.